The van der Waals surface area contributed by atoms with E-state index in [1.54, 1.807) is 7.11 Å². The Labute approximate surface area is 90.8 Å². The third-order valence-corrected chi connectivity index (χ3v) is 2.36. The Morgan fingerprint density at radius 1 is 1.53 bits per heavy atom. The molecule has 0 aliphatic carbocycles. The van der Waals surface area contributed by atoms with Gasteiger partial charge in [0, 0.05) is 20.2 Å². The molecule has 0 saturated heterocycles. The third-order valence-electron chi connectivity index (χ3n) is 2.36. The molecular formula is C10H20N4O. The van der Waals surface area contributed by atoms with Crippen molar-refractivity contribution in [2.45, 2.75) is 26.9 Å². The van der Waals surface area contributed by atoms with Gasteiger partial charge in [-0.3, -0.25) is 0 Å². The van der Waals surface area contributed by atoms with E-state index in [9.17, 15) is 0 Å². The molecule has 1 rings (SSSR count). The lowest BCUT2D eigenvalue weighted by Crippen LogP contribution is -2.15. The van der Waals surface area contributed by atoms with Gasteiger partial charge in [0.15, 0.2) is 0 Å². The fourth-order valence-electron chi connectivity index (χ4n) is 1.53. The molecule has 0 saturated carbocycles. The number of rotatable bonds is 6. The van der Waals surface area contributed by atoms with E-state index in [1.165, 1.54) is 0 Å². The zero-order valence-electron chi connectivity index (χ0n) is 9.95. The van der Waals surface area contributed by atoms with E-state index >= 15 is 0 Å². The molecule has 1 unspecified atom stereocenters. The first-order valence-electron chi connectivity index (χ1n) is 5.21. The minimum absolute atomic E-state index is 0.456. The first kappa shape index (κ1) is 12.1. The Hall–Kier alpha value is -0.940. The monoisotopic (exact) mass is 212 g/mol. The molecule has 1 atom stereocenters. The third kappa shape index (κ3) is 3.28. The van der Waals surface area contributed by atoms with Crippen LogP contribution in [0.15, 0.2) is 0 Å². The lowest BCUT2D eigenvalue weighted by molar-refractivity contribution is 0.148. The average molecular weight is 212 g/mol. The summed E-state index contributed by atoms with van der Waals surface area (Å²) in [4.78, 5) is 0. The van der Waals surface area contributed by atoms with Gasteiger partial charge >= 0.3 is 0 Å². The molecule has 1 heterocycles. The van der Waals surface area contributed by atoms with E-state index in [4.69, 9.17) is 4.74 Å². The van der Waals surface area contributed by atoms with Gasteiger partial charge in [-0.25, -0.2) is 4.68 Å². The van der Waals surface area contributed by atoms with Crippen molar-refractivity contribution in [2.75, 3.05) is 20.8 Å². The van der Waals surface area contributed by atoms with Crippen LogP contribution in [0, 0.1) is 12.8 Å². The predicted molar refractivity (Wildman–Crippen MR) is 58.6 cm³/mol. The van der Waals surface area contributed by atoms with Crippen LogP contribution in [-0.4, -0.2) is 35.8 Å². The standard InChI is InChI=1S/C10H20N4O/c1-8(7-15-4)6-14-9(2)10(5-11-3)12-13-14/h8,11H,5-7H2,1-4H3. The van der Waals surface area contributed by atoms with E-state index in [2.05, 4.69) is 22.6 Å². The van der Waals surface area contributed by atoms with E-state index in [0.717, 1.165) is 31.1 Å². The summed E-state index contributed by atoms with van der Waals surface area (Å²) in [5.41, 5.74) is 2.15. The van der Waals surface area contributed by atoms with Crippen molar-refractivity contribution in [3.8, 4) is 0 Å². The SMILES string of the molecule is CNCc1nnn(CC(C)COC)c1C. The molecule has 0 aliphatic rings. The molecular weight excluding hydrogens is 192 g/mol. The van der Waals surface area contributed by atoms with Crippen molar-refractivity contribution in [3.05, 3.63) is 11.4 Å². The Kier molecular flexibility index (Phi) is 4.71. The van der Waals surface area contributed by atoms with Gasteiger partial charge in [0.1, 0.15) is 0 Å². The highest BCUT2D eigenvalue weighted by Crippen LogP contribution is 2.07. The largest absolute Gasteiger partial charge is 0.384 e. The predicted octanol–water partition coefficient (Wildman–Crippen LogP) is 0.588. The number of methoxy groups -OCH3 is 1. The molecule has 0 fully saturated rings. The summed E-state index contributed by atoms with van der Waals surface area (Å²) < 4.78 is 7.04. The van der Waals surface area contributed by atoms with Crippen LogP contribution < -0.4 is 5.32 Å². The first-order valence-corrected chi connectivity index (χ1v) is 5.21. The number of aromatic nitrogens is 3. The smallest absolute Gasteiger partial charge is 0.0993 e. The summed E-state index contributed by atoms with van der Waals surface area (Å²) in [6, 6.07) is 0. The van der Waals surface area contributed by atoms with E-state index in [0.29, 0.717) is 5.92 Å². The van der Waals surface area contributed by atoms with Crippen molar-refractivity contribution in [1.82, 2.24) is 20.3 Å². The number of hydrogen-bond acceptors (Lipinski definition) is 4. The van der Waals surface area contributed by atoms with Crippen LogP contribution in [0.2, 0.25) is 0 Å². The maximum atomic E-state index is 5.10. The molecule has 5 heteroatoms. The Balaban J connectivity index is 2.61. The molecule has 5 nitrogen and oxygen atoms in total. The van der Waals surface area contributed by atoms with E-state index in [-0.39, 0.29) is 0 Å². The zero-order chi connectivity index (χ0) is 11.3. The number of nitrogens with zero attached hydrogens (tertiary/aromatic N) is 3. The van der Waals surface area contributed by atoms with Crippen LogP contribution in [-0.2, 0) is 17.8 Å². The van der Waals surface area contributed by atoms with Gasteiger partial charge in [0.25, 0.3) is 0 Å². The van der Waals surface area contributed by atoms with Gasteiger partial charge in [0.2, 0.25) is 0 Å². The molecule has 0 bridgehead atoms. The lowest BCUT2D eigenvalue weighted by Gasteiger charge is -2.10. The van der Waals surface area contributed by atoms with Crippen molar-refractivity contribution < 1.29 is 4.74 Å². The fourth-order valence-corrected chi connectivity index (χ4v) is 1.53. The second-order valence-electron chi connectivity index (χ2n) is 3.89. The quantitative estimate of drug-likeness (QED) is 0.750. The van der Waals surface area contributed by atoms with Gasteiger partial charge in [-0.05, 0) is 19.9 Å². The number of nitrogens with one attached hydrogen (secondary N) is 1. The highest BCUT2D eigenvalue weighted by molar-refractivity contribution is 5.07. The molecule has 86 valence electrons. The van der Waals surface area contributed by atoms with Crippen molar-refractivity contribution in [3.63, 3.8) is 0 Å². The fraction of sp³-hybridized carbons (Fsp3) is 0.800. The molecule has 0 radical (unpaired) electrons. The van der Waals surface area contributed by atoms with Gasteiger partial charge < -0.3 is 10.1 Å². The van der Waals surface area contributed by atoms with Crippen LogP contribution in [0.4, 0.5) is 0 Å². The highest BCUT2D eigenvalue weighted by atomic mass is 16.5. The maximum Gasteiger partial charge on any atom is 0.0993 e. The minimum Gasteiger partial charge on any atom is -0.384 e. The number of hydrogen-bond donors (Lipinski definition) is 1. The van der Waals surface area contributed by atoms with Crippen molar-refractivity contribution in [1.29, 1.82) is 0 Å². The molecule has 1 N–H and O–H groups in total. The van der Waals surface area contributed by atoms with Gasteiger partial charge in [-0.2, -0.15) is 0 Å². The second kappa shape index (κ2) is 5.82. The molecule has 1 aromatic rings. The molecule has 15 heavy (non-hydrogen) atoms. The lowest BCUT2D eigenvalue weighted by atomic mass is 10.2. The average Bonchev–Trinajstić information content (AvgIpc) is 2.51. The van der Waals surface area contributed by atoms with Crippen LogP contribution in [0.3, 0.4) is 0 Å². The van der Waals surface area contributed by atoms with Gasteiger partial charge in [-0.15, -0.1) is 5.10 Å². The zero-order valence-corrected chi connectivity index (χ0v) is 9.95. The maximum absolute atomic E-state index is 5.10. The van der Waals surface area contributed by atoms with E-state index < -0.39 is 0 Å². The van der Waals surface area contributed by atoms with E-state index in [1.807, 2.05) is 18.7 Å². The molecule has 0 amide bonds. The van der Waals surface area contributed by atoms with Crippen LogP contribution in [0.5, 0.6) is 0 Å². The second-order valence-corrected chi connectivity index (χ2v) is 3.89. The molecule has 0 aromatic carbocycles. The molecule has 0 spiro atoms. The summed E-state index contributed by atoms with van der Waals surface area (Å²) in [6.45, 7) is 6.57. The summed E-state index contributed by atoms with van der Waals surface area (Å²) in [5.74, 6) is 0.456. The Morgan fingerprint density at radius 3 is 2.87 bits per heavy atom. The number of ether oxygens (including phenoxy) is 1. The van der Waals surface area contributed by atoms with Crippen LogP contribution >= 0.6 is 0 Å². The van der Waals surface area contributed by atoms with Crippen LogP contribution in [0.1, 0.15) is 18.3 Å². The van der Waals surface area contributed by atoms with Gasteiger partial charge in [0.05, 0.1) is 18.0 Å². The summed E-state index contributed by atoms with van der Waals surface area (Å²) in [6.07, 6.45) is 0. The Morgan fingerprint density at radius 2 is 2.27 bits per heavy atom. The highest BCUT2D eigenvalue weighted by Gasteiger charge is 2.10. The molecule has 0 aliphatic heterocycles. The van der Waals surface area contributed by atoms with Crippen molar-refractivity contribution in [2.24, 2.45) is 5.92 Å². The van der Waals surface area contributed by atoms with Crippen LogP contribution in [0.25, 0.3) is 0 Å². The topological polar surface area (TPSA) is 52.0 Å². The normalized spacial score (nSPS) is 13.1. The Bertz CT molecular complexity index is 298. The molecule has 1 aromatic heterocycles. The summed E-state index contributed by atoms with van der Waals surface area (Å²) in [7, 11) is 3.63. The summed E-state index contributed by atoms with van der Waals surface area (Å²) in [5, 5.41) is 11.3. The van der Waals surface area contributed by atoms with Gasteiger partial charge in [-0.1, -0.05) is 12.1 Å². The summed E-state index contributed by atoms with van der Waals surface area (Å²) >= 11 is 0. The minimum atomic E-state index is 0.456. The first-order chi connectivity index (χ1) is 7.19. The van der Waals surface area contributed by atoms with Crippen molar-refractivity contribution >= 4 is 0 Å².